The molecule has 0 heterocycles. The molecule has 0 bridgehead atoms. The molecule has 0 aliphatic heterocycles. The van der Waals surface area contributed by atoms with Gasteiger partial charge in [0, 0.05) is 5.92 Å². The summed E-state index contributed by atoms with van der Waals surface area (Å²) in [6.07, 6.45) is 20.4. The zero-order chi connectivity index (χ0) is 15.8. The lowest BCUT2D eigenvalue weighted by atomic mass is 9.91. The fourth-order valence-corrected chi connectivity index (χ4v) is 2.96. The number of rotatable bonds is 16. The second-order valence-corrected chi connectivity index (χ2v) is 7.08. The van der Waals surface area contributed by atoms with E-state index in [1.54, 1.807) is 0 Å². The second kappa shape index (κ2) is 16.0. The summed E-state index contributed by atoms with van der Waals surface area (Å²) < 4.78 is 0. The predicted octanol–water partition coefficient (Wildman–Crippen LogP) is 6.94. The predicted molar refractivity (Wildman–Crippen MR) is 94.7 cm³/mol. The molecule has 0 aromatic heterocycles. The highest BCUT2D eigenvalue weighted by molar-refractivity contribution is 5.53. The Balaban J connectivity index is 3.14. The molecular weight excluding hydrogens is 256 g/mol. The Morgan fingerprint density at radius 3 is 1.38 bits per heavy atom. The summed E-state index contributed by atoms with van der Waals surface area (Å²) in [5, 5.41) is 0. The van der Waals surface area contributed by atoms with Gasteiger partial charge in [-0.3, -0.25) is 0 Å². The summed E-state index contributed by atoms with van der Waals surface area (Å²) in [4.78, 5) is 10.9. The molecule has 0 aliphatic rings. The molecule has 0 aromatic rings. The van der Waals surface area contributed by atoms with Gasteiger partial charge in [0.25, 0.3) is 0 Å². The Bertz CT molecular complexity index is 210. The quantitative estimate of drug-likeness (QED) is 0.223. The maximum atomic E-state index is 10.9. The molecule has 0 amide bonds. The number of unbranched alkanes of at least 4 members (excludes halogenated alkanes) is 12. The van der Waals surface area contributed by atoms with Crippen molar-refractivity contribution in [2.45, 2.75) is 111 Å². The van der Waals surface area contributed by atoms with Crippen molar-refractivity contribution in [3.63, 3.8) is 0 Å². The van der Waals surface area contributed by atoms with Gasteiger partial charge in [-0.15, -0.1) is 0 Å². The normalized spacial score (nSPS) is 12.8. The van der Waals surface area contributed by atoms with Crippen molar-refractivity contribution in [1.29, 1.82) is 0 Å². The summed E-state index contributed by atoms with van der Waals surface area (Å²) in [7, 11) is 0. The van der Waals surface area contributed by atoms with Crippen molar-refractivity contribution in [3.05, 3.63) is 0 Å². The summed E-state index contributed by atoms with van der Waals surface area (Å²) in [5.74, 6) is 0.803. The zero-order valence-corrected chi connectivity index (χ0v) is 15.0. The number of carbonyl (C=O) groups is 1. The molecule has 1 heteroatoms. The van der Waals surface area contributed by atoms with Crippen LogP contribution in [0.5, 0.6) is 0 Å². The van der Waals surface area contributed by atoms with Crippen LogP contribution in [-0.4, -0.2) is 6.29 Å². The van der Waals surface area contributed by atoms with Crippen LogP contribution in [0.1, 0.15) is 111 Å². The molecule has 126 valence electrons. The average molecular weight is 297 g/mol. The molecule has 0 aliphatic carbocycles. The van der Waals surface area contributed by atoms with Crippen LogP contribution in [0.2, 0.25) is 0 Å². The highest BCUT2D eigenvalue weighted by Gasteiger charge is 2.10. The topological polar surface area (TPSA) is 17.1 Å². The van der Waals surface area contributed by atoms with Gasteiger partial charge in [0.15, 0.2) is 0 Å². The number of aldehydes is 1. The summed E-state index contributed by atoms with van der Waals surface area (Å²) >= 11 is 0. The van der Waals surface area contributed by atoms with Gasteiger partial charge in [-0.1, -0.05) is 104 Å². The number of carbonyl (C=O) groups excluding carboxylic acids is 1. The first-order chi connectivity index (χ1) is 10.2. The standard InChI is InChI=1S/C20H40O/c1-4-5-6-7-8-9-10-11-12-13-14-15-16-17-20(18-21)19(2)3/h18-20H,4-17H2,1-3H3. The molecule has 0 aromatic carbocycles. The van der Waals surface area contributed by atoms with E-state index in [-0.39, 0.29) is 5.92 Å². The summed E-state index contributed by atoms with van der Waals surface area (Å²) in [6.45, 7) is 6.59. The summed E-state index contributed by atoms with van der Waals surface area (Å²) in [6, 6.07) is 0. The van der Waals surface area contributed by atoms with Crippen LogP contribution in [0.4, 0.5) is 0 Å². The van der Waals surface area contributed by atoms with Crippen LogP contribution in [-0.2, 0) is 4.79 Å². The first-order valence-corrected chi connectivity index (χ1v) is 9.67. The van der Waals surface area contributed by atoms with Crippen LogP contribution < -0.4 is 0 Å². The Kier molecular flexibility index (Phi) is 15.8. The van der Waals surface area contributed by atoms with E-state index in [2.05, 4.69) is 20.8 Å². The fraction of sp³-hybridized carbons (Fsp3) is 0.950. The Hall–Kier alpha value is -0.330. The van der Waals surface area contributed by atoms with E-state index in [1.165, 1.54) is 83.5 Å². The molecule has 1 unspecified atom stereocenters. The van der Waals surface area contributed by atoms with Gasteiger partial charge in [0.2, 0.25) is 0 Å². The third-order valence-corrected chi connectivity index (χ3v) is 4.67. The van der Waals surface area contributed by atoms with E-state index in [1.807, 2.05) is 0 Å². The van der Waals surface area contributed by atoms with Crippen LogP contribution in [0.3, 0.4) is 0 Å². The third-order valence-electron chi connectivity index (χ3n) is 4.67. The smallest absolute Gasteiger partial charge is 0.123 e. The first-order valence-electron chi connectivity index (χ1n) is 9.67. The molecule has 0 radical (unpaired) electrons. The number of hydrogen-bond donors (Lipinski definition) is 0. The van der Waals surface area contributed by atoms with E-state index in [4.69, 9.17) is 0 Å². The second-order valence-electron chi connectivity index (χ2n) is 7.08. The van der Waals surface area contributed by atoms with Crippen molar-refractivity contribution in [2.24, 2.45) is 11.8 Å². The molecule has 1 atom stereocenters. The van der Waals surface area contributed by atoms with Gasteiger partial charge in [-0.25, -0.2) is 0 Å². The Morgan fingerprint density at radius 1 is 0.667 bits per heavy atom. The first kappa shape index (κ1) is 20.7. The Morgan fingerprint density at radius 2 is 1.05 bits per heavy atom. The SMILES string of the molecule is CCCCCCCCCCCCCCCC(C=O)C(C)C. The lowest BCUT2D eigenvalue weighted by molar-refractivity contribution is -0.112. The van der Waals surface area contributed by atoms with Gasteiger partial charge in [0.1, 0.15) is 6.29 Å². The molecule has 0 rings (SSSR count). The molecule has 0 spiro atoms. The van der Waals surface area contributed by atoms with E-state index >= 15 is 0 Å². The van der Waals surface area contributed by atoms with Crippen molar-refractivity contribution < 1.29 is 4.79 Å². The minimum atomic E-state index is 0.290. The van der Waals surface area contributed by atoms with Gasteiger partial charge in [0.05, 0.1) is 0 Å². The van der Waals surface area contributed by atoms with Crippen LogP contribution in [0.25, 0.3) is 0 Å². The lowest BCUT2D eigenvalue weighted by Crippen LogP contribution is -2.09. The molecule has 1 nitrogen and oxygen atoms in total. The van der Waals surface area contributed by atoms with E-state index < -0.39 is 0 Å². The third kappa shape index (κ3) is 14.4. The molecular formula is C20H40O. The van der Waals surface area contributed by atoms with Gasteiger partial charge >= 0.3 is 0 Å². The summed E-state index contributed by atoms with van der Waals surface area (Å²) in [5.41, 5.74) is 0. The van der Waals surface area contributed by atoms with Crippen molar-refractivity contribution in [3.8, 4) is 0 Å². The van der Waals surface area contributed by atoms with Crippen LogP contribution in [0, 0.1) is 11.8 Å². The maximum absolute atomic E-state index is 10.9. The molecule has 0 fully saturated rings. The Labute approximate surface area is 134 Å². The van der Waals surface area contributed by atoms with Crippen LogP contribution >= 0.6 is 0 Å². The van der Waals surface area contributed by atoms with Crippen molar-refractivity contribution in [2.75, 3.05) is 0 Å². The molecule has 0 saturated heterocycles. The van der Waals surface area contributed by atoms with E-state index in [0.717, 1.165) is 12.7 Å². The minimum Gasteiger partial charge on any atom is -0.303 e. The fourth-order valence-electron chi connectivity index (χ4n) is 2.96. The van der Waals surface area contributed by atoms with Crippen LogP contribution in [0.15, 0.2) is 0 Å². The highest BCUT2D eigenvalue weighted by Crippen LogP contribution is 2.18. The molecule has 0 N–H and O–H groups in total. The highest BCUT2D eigenvalue weighted by atomic mass is 16.1. The van der Waals surface area contributed by atoms with E-state index in [9.17, 15) is 4.79 Å². The number of hydrogen-bond acceptors (Lipinski definition) is 1. The molecule has 0 saturated carbocycles. The monoisotopic (exact) mass is 296 g/mol. The minimum absolute atomic E-state index is 0.290. The van der Waals surface area contributed by atoms with Crippen molar-refractivity contribution >= 4 is 6.29 Å². The average Bonchev–Trinajstić information content (AvgIpc) is 2.47. The van der Waals surface area contributed by atoms with E-state index in [0.29, 0.717) is 5.92 Å². The van der Waals surface area contributed by atoms with Gasteiger partial charge < -0.3 is 4.79 Å². The van der Waals surface area contributed by atoms with Gasteiger partial charge in [-0.2, -0.15) is 0 Å². The largest absolute Gasteiger partial charge is 0.303 e. The van der Waals surface area contributed by atoms with Crippen molar-refractivity contribution in [1.82, 2.24) is 0 Å². The zero-order valence-electron chi connectivity index (χ0n) is 15.0. The lowest BCUT2D eigenvalue weighted by Gasteiger charge is -2.13. The maximum Gasteiger partial charge on any atom is 0.123 e. The van der Waals surface area contributed by atoms with Gasteiger partial charge in [-0.05, 0) is 12.3 Å². The molecule has 21 heavy (non-hydrogen) atoms.